The molecule has 0 radical (unpaired) electrons. The molecule has 1 aromatic rings. The van der Waals surface area contributed by atoms with Crippen LogP contribution in [0.1, 0.15) is 42.5 Å². The van der Waals surface area contributed by atoms with E-state index in [0.29, 0.717) is 24.6 Å². The molecule has 2 heterocycles. The smallest absolute Gasteiger partial charge is 0.253 e. The van der Waals surface area contributed by atoms with Crippen LogP contribution in [0.2, 0.25) is 0 Å². The van der Waals surface area contributed by atoms with E-state index in [1.54, 1.807) is 12.1 Å². The summed E-state index contributed by atoms with van der Waals surface area (Å²) in [4.78, 5) is 17.4. The molecule has 3 fully saturated rings. The quantitative estimate of drug-likeness (QED) is 0.647. The van der Waals surface area contributed by atoms with Crippen molar-refractivity contribution in [1.82, 2.24) is 14.5 Å². The van der Waals surface area contributed by atoms with Gasteiger partial charge in [0.25, 0.3) is 5.91 Å². The number of likely N-dealkylation sites (tertiary alicyclic amines) is 1. The number of amides is 1. The minimum absolute atomic E-state index is 0.00875. The van der Waals surface area contributed by atoms with Gasteiger partial charge in [-0.1, -0.05) is 0 Å². The number of ether oxygens (including phenoxy) is 2. The lowest BCUT2D eigenvalue weighted by Crippen LogP contribution is -2.41. The number of nitrogens with zero attached hydrogens (tertiary/aromatic N) is 2. The highest BCUT2D eigenvalue weighted by atomic mass is 32.2. The number of benzene rings is 1. The predicted molar refractivity (Wildman–Crippen MR) is 117 cm³/mol. The van der Waals surface area contributed by atoms with Gasteiger partial charge in [-0.3, -0.25) is 9.69 Å². The Morgan fingerprint density at radius 2 is 1.84 bits per heavy atom. The molecule has 0 atom stereocenters. The van der Waals surface area contributed by atoms with Crippen LogP contribution in [0.4, 0.5) is 0 Å². The molecule has 0 aromatic heterocycles. The topological polar surface area (TPSA) is 88.2 Å². The number of sulfonamides is 1. The summed E-state index contributed by atoms with van der Waals surface area (Å²) in [6.07, 6.45) is 4.82. The first-order valence-corrected chi connectivity index (χ1v) is 12.7. The molecule has 0 bridgehead atoms. The van der Waals surface area contributed by atoms with E-state index in [-0.39, 0.29) is 22.6 Å². The van der Waals surface area contributed by atoms with Crippen LogP contribution in [0, 0.1) is 5.92 Å². The number of methoxy groups -OCH3 is 1. The number of morpholine rings is 1. The highest BCUT2D eigenvalue weighted by molar-refractivity contribution is 7.89. The van der Waals surface area contributed by atoms with Crippen molar-refractivity contribution in [2.45, 2.75) is 43.0 Å². The van der Waals surface area contributed by atoms with Crippen LogP contribution in [0.25, 0.3) is 0 Å². The lowest BCUT2D eigenvalue weighted by Gasteiger charge is -2.34. The van der Waals surface area contributed by atoms with E-state index in [1.807, 2.05) is 4.90 Å². The maximum Gasteiger partial charge on any atom is 0.253 e. The number of carbonyl (C=O) groups is 1. The summed E-state index contributed by atoms with van der Waals surface area (Å²) in [5, 5.41) is 0. The summed E-state index contributed by atoms with van der Waals surface area (Å²) in [5.41, 5.74) is 0.392. The van der Waals surface area contributed by atoms with Crippen molar-refractivity contribution in [2.24, 2.45) is 5.92 Å². The van der Waals surface area contributed by atoms with E-state index < -0.39 is 10.0 Å². The van der Waals surface area contributed by atoms with Gasteiger partial charge in [-0.2, -0.15) is 0 Å². The molecule has 172 valence electrons. The van der Waals surface area contributed by atoms with Gasteiger partial charge in [-0.15, -0.1) is 0 Å². The lowest BCUT2D eigenvalue weighted by molar-refractivity contribution is 0.0332. The fourth-order valence-electron chi connectivity index (χ4n) is 4.30. The number of hydrogen-bond donors (Lipinski definition) is 1. The Hall–Kier alpha value is -1.68. The standard InChI is InChI=1S/C22H33N3O5S/c1-29-20-5-2-18(16-21(20)31(27,28)23-19-3-4-19)22(26)25-10-7-17(8-11-25)6-9-24-12-14-30-15-13-24/h2,5,16-17,19,23H,3-4,6-15H2,1H3. The molecule has 8 nitrogen and oxygen atoms in total. The first-order valence-electron chi connectivity index (χ1n) is 11.3. The zero-order valence-electron chi connectivity index (χ0n) is 18.2. The van der Waals surface area contributed by atoms with Crippen molar-refractivity contribution in [3.05, 3.63) is 23.8 Å². The molecule has 1 aromatic carbocycles. The Balaban J connectivity index is 1.35. The molecular formula is C22H33N3O5S. The van der Waals surface area contributed by atoms with Crippen molar-refractivity contribution in [2.75, 3.05) is 53.0 Å². The Morgan fingerprint density at radius 3 is 2.48 bits per heavy atom. The van der Waals surface area contributed by atoms with E-state index >= 15 is 0 Å². The Bertz CT molecular complexity index is 873. The normalized spacial score (nSPS) is 21.3. The predicted octanol–water partition coefficient (Wildman–Crippen LogP) is 1.71. The highest BCUT2D eigenvalue weighted by Gasteiger charge is 2.31. The van der Waals surface area contributed by atoms with Crippen molar-refractivity contribution in [1.29, 1.82) is 0 Å². The number of nitrogens with one attached hydrogen (secondary N) is 1. The average Bonchev–Trinajstić information content (AvgIpc) is 3.61. The van der Waals surface area contributed by atoms with E-state index in [0.717, 1.165) is 65.0 Å². The number of piperidine rings is 1. The van der Waals surface area contributed by atoms with Crippen LogP contribution in [-0.4, -0.2) is 83.2 Å². The van der Waals surface area contributed by atoms with Gasteiger partial charge in [0.15, 0.2) is 0 Å². The minimum atomic E-state index is -3.71. The fraction of sp³-hybridized carbons (Fsp3) is 0.682. The van der Waals surface area contributed by atoms with Crippen molar-refractivity contribution in [3.63, 3.8) is 0 Å². The minimum Gasteiger partial charge on any atom is -0.495 e. The van der Waals surface area contributed by atoms with E-state index in [4.69, 9.17) is 9.47 Å². The second kappa shape index (κ2) is 9.85. The molecule has 31 heavy (non-hydrogen) atoms. The first-order chi connectivity index (χ1) is 15.0. The second-order valence-corrected chi connectivity index (χ2v) is 10.4. The second-order valence-electron chi connectivity index (χ2n) is 8.74. The molecule has 9 heteroatoms. The summed E-state index contributed by atoms with van der Waals surface area (Å²) in [6.45, 7) is 6.18. The van der Waals surface area contributed by atoms with Gasteiger partial charge in [0.1, 0.15) is 10.6 Å². The summed E-state index contributed by atoms with van der Waals surface area (Å²) in [6, 6.07) is 4.67. The molecule has 0 spiro atoms. The van der Waals surface area contributed by atoms with Gasteiger partial charge in [0.2, 0.25) is 10.0 Å². The van der Waals surface area contributed by atoms with Crippen LogP contribution >= 0.6 is 0 Å². The summed E-state index contributed by atoms with van der Waals surface area (Å²) in [7, 11) is -2.27. The molecule has 4 rings (SSSR count). The van der Waals surface area contributed by atoms with Crippen molar-refractivity contribution >= 4 is 15.9 Å². The molecule has 1 aliphatic carbocycles. The molecular weight excluding hydrogens is 418 g/mol. The van der Waals surface area contributed by atoms with Gasteiger partial charge in [-0.05, 0) is 62.8 Å². The largest absolute Gasteiger partial charge is 0.495 e. The first kappa shape index (κ1) is 22.5. The SMILES string of the molecule is COc1ccc(C(=O)N2CCC(CCN3CCOCC3)CC2)cc1S(=O)(=O)NC1CC1. The molecule has 0 unspecified atom stereocenters. The van der Waals surface area contributed by atoms with E-state index in [1.165, 1.54) is 13.2 Å². The molecule has 2 aliphatic heterocycles. The molecule has 1 amide bonds. The third kappa shape index (κ3) is 5.77. The third-order valence-electron chi connectivity index (χ3n) is 6.46. The van der Waals surface area contributed by atoms with Crippen molar-refractivity contribution in [3.8, 4) is 5.75 Å². The van der Waals surface area contributed by atoms with E-state index in [9.17, 15) is 13.2 Å². The molecule has 1 saturated carbocycles. The average molecular weight is 452 g/mol. The summed E-state index contributed by atoms with van der Waals surface area (Å²) < 4.78 is 38.8. The monoisotopic (exact) mass is 451 g/mol. The lowest BCUT2D eigenvalue weighted by atomic mass is 9.93. The van der Waals surface area contributed by atoms with Crippen LogP contribution in [0.3, 0.4) is 0 Å². The Kier molecular flexibility index (Phi) is 7.15. The molecule has 2 saturated heterocycles. The molecule has 1 N–H and O–H groups in total. The Labute approximate surface area is 184 Å². The van der Waals surface area contributed by atoms with Crippen molar-refractivity contribution < 1.29 is 22.7 Å². The number of hydrogen-bond acceptors (Lipinski definition) is 6. The van der Waals surface area contributed by atoms with Crippen LogP contribution in [-0.2, 0) is 14.8 Å². The van der Waals surface area contributed by atoms with Gasteiger partial charge in [0, 0.05) is 37.8 Å². The molecule has 3 aliphatic rings. The van der Waals surface area contributed by atoms with Crippen LogP contribution < -0.4 is 9.46 Å². The highest BCUT2D eigenvalue weighted by Crippen LogP contribution is 2.29. The van der Waals surface area contributed by atoms with Gasteiger partial charge >= 0.3 is 0 Å². The maximum absolute atomic E-state index is 13.1. The van der Waals surface area contributed by atoms with Gasteiger partial charge in [0.05, 0.1) is 20.3 Å². The Morgan fingerprint density at radius 1 is 1.13 bits per heavy atom. The third-order valence-corrected chi connectivity index (χ3v) is 8.00. The zero-order valence-corrected chi connectivity index (χ0v) is 19.0. The zero-order chi connectivity index (χ0) is 21.8. The number of carbonyl (C=O) groups excluding carboxylic acids is 1. The van der Waals surface area contributed by atoms with Crippen LogP contribution in [0.5, 0.6) is 5.75 Å². The van der Waals surface area contributed by atoms with Crippen LogP contribution in [0.15, 0.2) is 23.1 Å². The maximum atomic E-state index is 13.1. The van der Waals surface area contributed by atoms with Gasteiger partial charge in [-0.25, -0.2) is 13.1 Å². The summed E-state index contributed by atoms with van der Waals surface area (Å²) >= 11 is 0. The van der Waals surface area contributed by atoms with Gasteiger partial charge < -0.3 is 14.4 Å². The fourth-order valence-corrected chi connectivity index (χ4v) is 5.80. The van der Waals surface area contributed by atoms with E-state index in [2.05, 4.69) is 9.62 Å². The summed E-state index contributed by atoms with van der Waals surface area (Å²) in [5.74, 6) is 0.769. The number of rotatable bonds is 8.